The van der Waals surface area contributed by atoms with E-state index in [0.29, 0.717) is 5.75 Å². The summed E-state index contributed by atoms with van der Waals surface area (Å²) in [4.78, 5) is 5.95. The van der Waals surface area contributed by atoms with Gasteiger partial charge in [-0.05, 0) is 30.3 Å². The number of hydrogen-bond acceptors (Lipinski definition) is 4. The third kappa shape index (κ3) is 3.92. The van der Waals surface area contributed by atoms with Crippen LogP contribution in [0.1, 0.15) is 5.56 Å². The largest absolute Gasteiger partial charge is 0.439 e. The van der Waals surface area contributed by atoms with E-state index in [9.17, 15) is 13.2 Å². The lowest BCUT2D eigenvalue weighted by molar-refractivity contribution is -0.137. The van der Waals surface area contributed by atoms with Crippen molar-refractivity contribution in [2.45, 2.75) is 6.18 Å². The minimum absolute atomic E-state index is 0.132. The van der Waals surface area contributed by atoms with Crippen LogP contribution in [-0.2, 0) is 6.18 Å². The molecule has 0 unspecified atom stereocenters. The zero-order chi connectivity index (χ0) is 16.3. The molecule has 0 radical (unpaired) electrons. The number of rotatable bonds is 3. The Labute approximate surface area is 131 Å². The van der Waals surface area contributed by atoms with E-state index in [1.54, 1.807) is 12.1 Å². The first-order chi connectivity index (χ1) is 11.0. The predicted octanol–water partition coefficient (Wildman–Crippen LogP) is 3.30. The van der Waals surface area contributed by atoms with Crippen molar-refractivity contribution in [1.29, 1.82) is 0 Å². The van der Waals surface area contributed by atoms with Crippen LogP contribution in [0.5, 0.6) is 11.6 Å². The van der Waals surface area contributed by atoms with Gasteiger partial charge in [0.25, 0.3) is 0 Å². The minimum atomic E-state index is -4.39. The van der Waals surface area contributed by atoms with Crippen molar-refractivity contribution in [3.8, 4) is 11.6 Å². The molecule has 3 rings (SSSR count). The number of aromatic nitrogens is 1. The number of piperazine rings is 1. The molecule has 1 saturated heterocycles. The Kier molecular flexibility index (Phi) is 4.38. The predicted molar refractivity (Wildman–Crippen MR) is 80.8 cm³/mol. The number of alkyl halides is 3. The molecular formula is C16H16F3N3O. The summed E-state index contributed by atoms with van der Waals surface area (Å²) in [5.41, 5.74) is 0.304. The van der Waals surface area contributed by atoms with E-state index >= 15 is 0 Å². The fourth-order valence-corrected chi connectivity index (χ4v) is 2.38. The maximum absolute atomic E-state index is 12.5. The lowest BCUT2D eigenvalue weighted by Crippen LogP contribution is -2.43. The molecule has 0 saturated carbocycles. The number of ether oxygens (including phenoxy) is 1. The van der Waals surface area contributed by atoms with E-state index in [1.165, 1.54) is 6.07 Å². The van der Waals surface area contributed by atoms with Gasteiger partial charge in [-0.2, -0.15) is 13.2 Å². The Bertz CT molecular complexity index is 635. The van der Waals surface area contributed by atoms with E-state index in [1.807, 2.05) is 12.1 Å². The molecule has 7 heteroatoms. The Morgan fingerprint density at radius 3 is 2.26 bits per heavy atom. The lowest BCUT2D eigenvalue weighted by Gasteiger charge is -2.29. The first-order valence-corrected chi connectivity index (χ1v) is 7.29. The van der Waals surface area contributed by atoms with Crippen LogP contribution in [0.15, 0.2) is 42.6 Å². The van der Waals surface area contributed by atoms with Crippen LogP contribution >= 0.6 is 0 Å². The molecule has 4 nitrogen and oxygen atoms in total. The molecule has 2 aromatic rings. The quantitative estimate of drug-likeness (QED) is 0.940. The summed E-state index contributed by atoms with van der Waals surface area (Å²) in [6.45, 7) is 3.79. The van der Waals surface area contributed by atoms with Gasteiger partial charge in [-0.3, -0.25) is 0 Å². The molecule has 0 atom stereocenters. The molecule has 1 fully saturated rings. The van der Waals surface area contributed by atoms with Crippen LogP contribution in [-0.4, -0.2) is 31.2 Å². The lowest BCUT2D eigenvalue weighted by atomic mass is 10.2. The van der Waals surface area contributed by atoms with Crippen molar-refractivity contribution in [2.75, 3.05) is 31.1 Å². The smallest absolute Gasteiger partial charge is 0.417 e. The highest BCUT2D eigenvalue weighted by atomic mass is 19.4. The van der Waals surface area contributed by atoms with Gasteiger partial charge in [0.1, 0.15) is 5.75 Å². The Hall–Kier alpha value is -2.28. The molecule has 0 aliphatic carbocycles. The fraction of sp³-hybridized carbons (Fsp3) is 0.312. The summed E-state index contributed by atoms with van der Waals surface area (Å²) in [5.74, 6) is 0.670. The summed E-state index contributed by atoms with van der Waals surface area (Å²) in [6, 6.07) is 9.62. The molecule has 23 heavy (non-hydrogen) atoms. The molecule has 1 N–H and O–H groups in total. The van der Waals surface area contributed by atoms with Gasteiger partial charge in [0, 0.05) is 44.1 Å². The summed E-state index contributed by atoms with van der Waals surface area (Å²) >= 11 is 0. The molecule has 1 aromatic heterocycles. The van der Waals surface area contributed by atoms with Gasteiger partial charge in [-0.25, -0.2) is 4.98 Å². The van der Waals surface area contributed by atoms with Gasteiger partial charge in [0.05, 0.1) is 5.56 Å². The second kappa shape index (κ2) is 6.45. The summed E-state index contributed by atoms with van der Waals surface area (Å²) in [6.07, 6.45) is -3.62. The van der Waals surface area contributed by atoms with Crippen molar-refractivity contribution < 1.29 is 17.9 Å². The second-order valence-electron chi connectivity index (χ2n) is 5.22. The third-order valence-electron chi connectivity index (χ3n) is 3.60. The molecular weight excluding hydrogens is 307 g/mol. The number of anilines is 1. The van der Waals surface area contributed by atoms with Crippen LogP contribution < -0.4 is 15.0 Å². The normalized spacial score (nSPS) is 15.5. The topological polar surface area (TPSA) is 37.4 Å². The molecule has 2 heterocycles. The molecule has 122 valence electrons. The fourth-order valence-electron chi connectivity index (χ4n) is 2.38. The number of pyridine rings is 1. The highest BCUT2D eigenvalue weighted by Gasteiger charge is 2.30. The Morgan fingerprint density at radius 1 is 1.00 bits per heavy atom. The minimum Gasteiger partial charge on any atom is -0.439 e. The monoisotopic (exact) mass is 323 g/mol. The van der Waals surface area contributed by atoms with Crippen molar-refractivity contribution in [3.63, 3.8) is 0 Å². The number of benzene rings is 1. The van der Waals surface area contributed by atoms with E-state index in [-0.39, 0.29) is 5.88 Å². The Balaban J connectivity index is 1.66. The third-order valence-corrected chi connectivity index (χ3v) is 3.60. The zero-order valence-electron chi connectivity index (χ0n) is 12.3. The number of halogens is 3. The molecule has 0 bridgehead atoms. The van der Waals surface area contributed by atoms with Gasteiger partial charge in [-0.15, -0.1) is 0 Å². The molecule has 1 aliphatic rings. The van der Waals surface area contributed by atoms with E-state index in [0.717, 1.165) is 44.1 Å². The molecule has 1 aliphatic heterocycles. The highest BCUT2D eigenvalue weighted by molar-refractivity contribution is 5.49. The summed E-state index contributed by atoms with van der Waals surface area (Å²) in [7, 11) is 0. The average molecular weight is 323 g/mol. The van der Waals surface area contributed by atoms with Crippen LogP contribution in [0.25, 0.3) is 0 Å². The number of hydrogen-bond donors (Lipinski definition) is 1. The number of nitrogens with one attached hydrogen (secondary N) is 1. The van der Waals surface area contributed by atoms with Gasteiger partial charge in [0.15, 0.2) is 0 Å². The Morgan fingerprint density at radius 2 is 1.70 bits per heavy atom. The van der Waals surface area contributed by atoms with Crippen LogP contribution in [0.4, 0.5) is 18.9 Å². The van der Waals surface area contributed by atoms with Gasteiger partial charge < -0.3 is 15.0 Å². The highest BCUT2D eigenvalue weighted by Crippen LogP contribution is 2.30. The second-order valence-corrected chi connectivity index (χ2v) is 5.22. The summed E-state index contributed by atoms with van der Waals surface area (Å²) < 4.78 is 42.9. The standard InChI is InChI=1S/C16H16F3N3O/c17-16(18,19)12-1-6-15(21-11-12)23-14-4-2-13(3-5-14)22-9-7-20-8-10-22/h1-6,11,20H,7-10H2. The van der Waals surface area contributed by atoms with Crippen molar-refractivity contribution >= 4 is 5.69 Å². The summed E-state index contributed by atoms with van der Waals surface area (Å²) in [5, 5.41) is 3.29. The average Bonchev–Trinajstić information content (AvgIpc) is 2.56. The van der Waals surface area contributed by atoms with Crippen LogP contribution in [0, 0.1) is 0 Å². The van der Waals surface area contributed by atoms with Crippen LogP contribution in [0.3, 0.4) is 0 Å². The van der Waals surface area contributed by atoms with E-state index in [2.05, 4.69) is 15.2 Å². The van der Waals surface area contributed by atoms with E-state index in [4.69, 9.17) is 4.74 Å². The SMILES string of the molecule is FC(F)(F)c1ccc(Oc2ccc(N3CCNCC3)cc2)nc1. The maximum atomic E-state index is 12.5. The van der Waals surface area contributed by atoms with Gasteiger partial charge >= 0.3 is 6.18 Å². The molecule has 0 spiro atoms. The number of nitrogens with zero attached hydrogens (tertiary/aromatic N) is 2. The maximum Gasteiger partial charge on any atom is 0.417 e. The zero-order valence-corrected chi connectivity index (χ0v) is 12.3. The van der Waals surface area contributed by atoms with Crippen molar-refractivity contribution in [2.24, 2.45) is 0 Å². The van der Waals surface area contributed by atoms with Gasteiger partial charge in [0.2, 0.25) is 5.88 Å². The molecule has 1 aromatic carbocycles. The van der Waals surface area contributed by atoms with Crippen molar-refractivity contribution in [1.82, 2.24) is 10.3 Å². The first kappa shape index (κ1) is 15.6. The van der Waals surface area contributed by atoms with Crippen molar-refractivity contribution in [3.05, 3.63) is 48.2 Å². The van der Waals surface area contributed by atoms with Crippen LogP contribution in [0.2, 0.25) is 0 Å². The van der Waals surface area contributed by atoms with Gasteiger partial charge in [-0.1, -0.05) is 0 Å². The first-order valence-electron chi connectivity index (χ1n) is 7.29. The molecule has 0 amide bonds. The van der Waals surface area contributed by atoms with E-state index < -0.39 is 11.7 Å².